The highest BCUT2D eigenvalue weighted by Gasteiger charge is 2.44. The molecule has 2 aromatic rings. The molecule has 0 aliphatic carbocycles. The van der Waals surface area contributed by atoms with E-state index >= 15 is 0 Å². The number of amides is 1. The van der Waals surface area contributed by atoms with Gasteiger partial charge in [0.05, 0.1) is 6.61 Å². The van der Waals surface area contributed by atoms with Crippen LogP contribution in [0.4, 0.5) is 0 Å². The number of para-hydroxylation sites is 1. The molecule has 1 saturated heterocycles. The molecule has 1 aromatic carbocycles. The molecule has 0 saturated carbocycles. The Morgan fingerprint density at radius 3 is 2.87 bits per heavy atom. The molecule has 0 radical (unpaired) electrons. The molecular weight excluding hydrogens is 318 g/mol. The van der Waals surface area contributed by atoms with Gasteiger partial charge >= 0.3 is 5.97 Å². The Kier molecular flexibility index (Phi) is 4.32. The normalized spacial score (nSPS) is 20.7. The molecule has 0 spiro atoms. The molecule has 2 heterocycles. The molecule has 1 aromatic heterocycles. The van der Waals surface area contributed by atoms with Crippen LogP contribution in [0.5, 0.6) is 0 Å². The Morgan fingerprint density at radius 1 is 1.43 bits per heavy atom. The van der Waals surface area contributed by atoms with E-state index in [-0.39, 0.29) is 12.4 Å². The van der Waals surface area contributed by atoms with Crippen LogP contribution in [0.25, 0.3) is 11.0 Å². The number of carboxylic acids is 1. The van der Waals surface area contributed by atoms with Crippen LogP contribution in [0.3, 0.4) is 0 Å². The van der Waals surface area contributed by atoms with Crippen LogP contribution in [-0.2, 0) is 16.1 Å². The van der Waals surface area contributed by atoms with Gasteiger partial charge < -0.3 is 19.6 Å². The maximum absolute atomic E-state index is 12.6. The Bertz CT molecular complexity index is 748. The number of benzene rings is 1. The molecule has 1 amide bonds. The Hall–Kier alpha value is -1.99. The summed E-state index contributed by atoms with van der Waals surface area (Å²) in [5, 5.41) is 12.9. The number of nitrogens with one attached hydrogen (secondary N) is 1. The maximum atomic E-state index is 12.6. The van der Waals surface area contributed by atoms with Crippen LogP contribution < -0.4 is 5.32 Å². The third-order valence-electron chi connectivity index (χ3n) is 3.98. The van der Waals surface area contributed by atoms with Crippen LogP contribution in [0.1, 0.15) is 22.5 Å². The van der Waals surface area contributed by atoms with Crippen LogP contribution in [0.15, 0.2) is 28.7 Å². The Morgan fingerprint density at radius 2 is 2.22 bits per heavy atom. The summed E-state index contributed by atoms with van der Waals surface area (Å²) in [5.41, 5.74) is -0.0212. The summed E-state index contributed by atoms with van der Waals surface area (Å²) in [4.78, 5) is 24.2. The summed E-state index contributed by atoms with van der Waals surface area (Å²) in [6.07, 6.45) is 0.401. The van der Waals surface area contributed by atoms with Gasteiger partial charge in [0.2, 0.25) is 0 Å². The lowest BCUT2D eigenvalue weighted by atomic mass is 9.99. The molecule has 7 heteroatoms. The topological polar surface area (TPSA) is 88.8 Å². The minimum Gasteiger partial charge on any atom is -0.479 e. The van der Waals surface area contributed by atoms with E-state index in [2.05, 4.69) is 5.32 Å². The van der Waals surface area contributed by atoms with Gasteiger partial charge in [-0.05, 0) is 18.2 Å². The van der Waals surface area contributed by atoms with Gasteiger partial charge in [-0.2, -0.15) is 11.8 Å². The van der Waals surface area contributed by atoms with E-state index in [1.807, 2.05) is 18.2 Å². The first kappa shape index (κ1) is 15.9. The number of carbonyl (C=O) groups is 2. The molecule has 122 valence electrons. The summed E-state index contributed by atoms with van der Waals surface area (Å²) < 4.78 is 10.8. The second-order valence-corrected chi connectivity index (χ2v) is 6.59. The minimum absolute atomic E-state index is 0.116. The van der Waals surface area contributed by atoms with Crippen molar-refractivity contribution in [2.45, 2.75) is 18.6 Å². The lowest BCUT2D eigenvalue weighted by molar-refractivity contribution is -0.143. The van der Waals surface area contributed by atoms with Crippen molar-refractivity contribution >= 4 is 34.6 Å². The van der Waals surface area contributed by atoms with Gasteiger partial charge in [0.25, 0.3) is 5.91 Å². The van der Waals surface area contributed by atoms with Gasteiger partial charge in [0, 0.05) is 23.8 Å². The lowest BCUT2D eigenvalue weighted by Crippen LogP contribution is -2.54. The summed E-state index contributed by atoms with van der Waals surface area (Å²) in [6, 6.07) is 7.29. The van der Waals surface area contributed by atoms with Crippen LogP contribution >= 0.6 is 11.8 Å². The zero-order valence-corrected chi connectivity index (χ0v) is 13.4. The number of carboxylic acid groups (broad SMARTS) is 1. The predicted octanol–water partition coefficient (Wildman–Crippen LogP) is 2.27. The van der Waals surface area contributed by atoms with Gasteiger partial charge in [0.15, 0.2) is 5.76 Å². The molecule has 23 heavy (non-hydrogen) atoms. The average Bonchev–Trinajstić information content (AvgIpc) is 3.14. The molecule has 0 bridgehead atoms. The molecule has 1 unspecified atom stereocenters. The first-order chi connectivity index (χ1) is 11.1. The number of aliphatic carboxylic acids is 1. The predicted molar refractivity (Wildman–Crippen MR) is 86.7 cm³/mol. The van der Waals surface area contributed by atoms with Gasteiger partial charge in [-0.3, -0.25) is 4.79 Å². The summed E-state index contributed by atoms with van der Waals surface area (Å²) in [5.74, 6) is -0.352. The Labute approximate surface area is 137 Å². The fourth-order valence-electron chi connectivity index (χ4n) is 2.73. The van der Waals surface area contributed by atoms with Gasteiger partial charge in [0.1, 0.15) is 11.1 Å². The molecular formula is C16H17NO5S. The van der Waals surface area contributed by atoms with Gasteiger partial charge in [-0.25, -0.2) is 4.79 Å². The molecule has 2 N–H and O–H groups in total. The van der Waals surface area contributed by atoms with E-state index in [0.717, 1.165) is 5.39 Å². The van der Waals surface area contributed by atoms with Crippen molar-refractivity contribution in [1.29, 1.82) is 0 Å². The fraction of sp³-hybridized carbons (Fsp3) is 0.375. The van der Waals surface area contributed by atoms with E-state index in [0.29, 0.717) is 29.1 Å². The Balaban J connectivity index is 1.97. The molecule has 3 rings (SSSR count). The largest absolute Gasteiger partial charge is 0.479 e. The third kappa shape index (κ3) is 2.82. The highest BCUT2D eigenvalue weighted by Crippen LogP contribution is 2.31. The molecule has 1 atom stereocenters. The maximum Gasteiger partial charge on any atom is 0.330 e. The van der Waals surface area contributed by atoms with E-state index in [9.17, 15) is 14.7 Å². The van der Waals surface area contributed by atoms with Gasteiger partial charge in [-0.15, -0.1) is 0 Å². The van der Waals surface area contributed by atoms with Crippen molar-refractivity contribution in [3.63, 3.8) is 0 Å². The number of rotatable bonds is 5. The average molecular weight is 335 g/mol. The van der Waals surface area contributed by atoms with Crippen LogP contribution in [-0.4, -0.2) is 41.1 Å². The van der Waals surface area contributed by atoms with Crippen LogP contribution in [0.2, 0.25) is 0 Å². The summed E-state index contributed by atoms with van der Waals surface area (Å²) >= 11 is 1.52. The number of fused-ring (bicyclic) bond motifs is 1. The number of hydrogen-bond acceptors (Lipinski definition) is 5. The molecule has 1 aliphatic heterocycles. The van der Waals surface area contributed by atoms with Crippen molar-refractivity contribution < 1.29 is 23.8 Å². The molecule has 6 nitrogen and oxygen atoms in total. The fourth-order valence-corrected chi connectivity index (χ4v) is 4.06. The number of carbonyl (C=O) groups excluding carboxylic acids is 1. The van der Waals surface area contributed by atoms with Crippen molar-refractivity contribution in [1.82, 2.24) is 5.32 Å². The first-order valence-corrected chi connectivity index (χ1v) is 8.36. The second-order valence-electron chi connectivity index (χ2n) is 5.48. The first-order valence-electron chi connectivity index (χ1n) is 7.20. The number of ether oxygens (including phenoxy) is 1. The van der Waals surface area contributed by atoms with Crippen molar-refractivity contribution in [2.24, 2.45) is 0 Å². The second kappa shape index (κ2) is 6.25. The molecule has 1 fully saturated rings. The SMILES string of the molecule is COCc1c(C(=O)NC2(C(=O)O)CCSC2)oc2ccccc12. The van der Waals surface area contributed by atoms with Crippen molar-refractivity contribution in [3.05, 3.63) is 35.6 Å². The highest BCUT2D eigenvalue weighted by atomic mass is 32.2. The lowest BCUT2D eigenvalue weighted by Gasteiger charge is -2.24. The standard InChI is InChI=1S/C16H17NO5S/c1-21-8-11-10-4-2-3-5-12(10)22-13(11)14(18)17-16(15(19)20)6-7-23-9-16/h2-5H,6-9H2,1H3,(H,17,18)(H,19,20). The van der Waals surface area contributed by atoms with Gasteiger partial charge in [-0.1, -0.05) is 18.2 Å². The highest BCUT2D eigenvalue weighted by molar-refractivity contribution is 7.99. The van der Waals surface area contributed by atoms with E-state index in [1.54, 1.807) is 6.07 Å². The van der Waals surface area contributed by atoms with Crippen molar-refractivity contribution in [3.8, 4) is 0 Å². The monoisotopic (exact) mass is 335 g/mol. The van der Waals surface area contributed by atoms with E-state index in [1.165, 1.54) is 18.9 Å². The smallest absolute Gasteiger partial charge is 0.330 e. The minimum atomic E-state index is -1.23. The van der Waals surface area contributed by atoms with E-state index < -0.39 is 17.4 Å². The third-order valence-corrected chi connectivity index (χ3v) is 5.17. The quantitative estimate of drug-likeness (QED) is 0.871. The summed E-state index contributed by atoms with van der Waals surface area (Å²) in [6.45, 7) is 0.217. The van der Waals surface area contributed by atoms with Crippen LogP contribution in [0, 0.1) is 0 Å². The number of methoxy groups -OCH3 is 1. The zero-order chi connectivity index (χ0) is 16.4. The van der Waals surface area contributed by atoms with E-state index in [4.69, 9.17) is 9.15 Å². The number of furan rings is 1. The zero-order valence-electron chi connectivity index (χ0n) is 12.6. The number of hydrogen-bond donors (Lipinski definition) is 2. The summed E-state index contributed by atoms with van der Waals surface area (Å²) in [7, 11) is 1.54. The molecule has 1 aliphatic rings. The van der Waals surface area contributed by atoms with Crippen molar-refractivity contribution in [2.75, 3.05) is 18.6 Å². The number of thioether (sulfide) groups is 1.